The van der Waals surface area contributed by atoms with Crippen LogP contribution in [0.4, 0.5) is 0 Å². The Bertz CT molecular complexity index is 638. The number of hydrogen-bond acceptors (Lipinski definition) is 2. The Labute approximate surface area is 134 Å². The summed E-state index contributed by atoms with van der Waals surface area (Å²) in [6.07, 6.45) is 0. The zero-order valence-corrected chi connectivity index (χ0v) is 13.3. The van der Waals surface area contributed by atoms with Gasteiger partial charge in [-0.15, -0.1) is 0 Å². The molecule has 104 valence electrons. The minimum atomic E-state index is -0.551. The van der Waals surface area contributed by atoms with E-state index in [0.29, 0.717) is 25.8 Å². The van der Waals surface area contributed by atoms with Gasteiger partial charge in [-0.1, -0.05) is 41.4 Å². The average molecular weight is 375 g/mol. The molecule has 3 nitrogen and oxygen atoms in total. The lowest BCUT2D eigenvalue weighted by Crippen LogP contribution is -2.11. The molecule has 0 aliphatic heterocycles. The molecule has 0 unspecified atom stereocenters. The Kier molecular flexibility index (Phi) is 4.91. The van der Waals surface area contributed by atoms with Gasteiger partial charge in [0.05, 0.1) is 9.50 Å². The molecule has 0 atom stereocenters. The smallest absolute Gasteiger partial charge is 0.248 e. The average Bonchev–Trinajstić information content (AvgIpc) is 2.39. The summed E-state index contributed by atoms with van der Waals surface area (Å²) in [5, 5.41) is 0.925. The fourth-order valence-electron chi connectivity index (χ4n) is 1.61. The van der Waals surface area contributed by atoms with Crippen LogP contribution in [0.5, 0.6) is 5.75 Å². The van der Waals surface area contributed by atoms with E-state index in [-0.39, 0.29) is 6.61 Å². The van der Waals surface area contributed by atoms with Crippen LogP contribution in [0, 0.1) is 0 Å². The Morgan fingerprint density at radius 3 is 2.50 bits per heavy atom. The number of hydrogen-bond donors (Lipinski definition) is 1. The minimum Gasteiger partial charge on any atom is -0.486 e. The lowest BCUT2D eigenvalue weighted by molar-refractivity contribution is 0.1000. The highest BCUT2D eigenvalue weighted by Gasteiger charge is 2.12. The van der Waals surface area contributed by atoms with E-state index in [1.165, 1.54) is 6.07 Å². The standard InChI is InChI=1S/C14H10BrCl2NO2/c15-10-5-9(14(18)19)6-12(17)13(10)20-7-8-3-1-2-4-11(8)16/h1-6H,7H2,(H2,18,19). The molecule has 0 fully saturated rings. The first-order chi connectivity index (χ1) is 9.49. The van der Waals surface area contributed by atoms with Crippen molar-refractivity contribution in [1.82, 2.24) is 0 Å². The van der Waals surface area contributed by atoms with Crippen molar-refractivity contribution < 1.29 is 9.53 Å². The zero-order chi connectivity index (χ0) is 14.7. The van der Waals surface area contributed by atoms with Crippen LogP contribution in [-0.4, -0.2) is 5.91 Å². The molecule has 0 radical (unpaired) electrons. The SMILES string of the molecule is NC(=O)c1cc(Cl)c(OCc2ccccc2Cl)c(Br)c1. The number of halogens is 3. The van der Waals surface area contributed by atoms with Crippen molar-refractivity contribution in [3.8, 4) is 5.75 Å². The molecular formula is C14H10BrCl2NO2. The van der Waals surface area contributed by atoms with Crippen LogP contribution in [0.3, 0.4) is 0 Å². The Morgan fingerprint density at radius 1 is 1.20 bits per heavy atom. The second kappa shape index (κ2) is 6.48. The first-order valence-electron chi connectivity index (χ1n) is 5.64. The van der Waals surface area contributed by atoms with Crippen LogP contribution in [-0.2, 0) is 6.61 Å². The van der Waals surface area contributed by atoms with Crippen molar-refractivity contribution in [3.63, 3.8) is 0 Å². The molecule has 0 bridgehead atoms. The van der Waals surface area contributed by atoms with Gasteiger partial charge in [-0.2, -0.15) is 0 Å². The first-order valence-corrected chi connectivity index (χ1v) is 7.19. The third-order valence-corrected chi connectivity index (χ3v) is 3.85. The van der Waals surface area contributed by atoms with Gasteiger partial charge in [0.1, 0.15) is 6.61 Å². The van der Waals surface area contributed by atoms with E-state index in [1.54, 1.807) is 12.1 Å². The third kappa shape index (κ3) is 3.45. The van der Waals surface area contributed by atoms with Gasteiger partial charge in [0.25, 0.3) is 0 Å². The lowest BCUT2D eigenvalue weighted by Gasteiger charge is -2.12. The predicted octanol–water partition coefficient (Wildman–Crippen LogP) is 4.43. The number of rotatable bonds is 4. The van der Waals surface area contributed by atoms with E-state index in [9.17, 15) is 4.79 Å². The van der Waals surface area contributed by atoms with Gasteiger partial charge in [-0.25, -0.2) is 0 Å². The predicted molar refractivity (Wildman–Crippen MR) is 83.5 cm³/mol. The summed E-state index contributed by atoms with van der Waals surface area (Å²) >= 11 is 15.4. The van der Waals surface area contributed by atoms with Crippen molar-refractivity contribution in [2.75, 3.05) is 0 Å². The van der Waals surface area contributed by atoms with E-state index in [0.717, 1.165) is 5.56 Å². The van der Waals surface area contributed by atoms with Crippen LogP contribution in [0.2, 0.25) is 10.0 Å². The molecule has 2 rings (SSSR count). The summed E-state index contributed by atoms with van der Waals surface area (Å²) in [7, 11) is 0. The number of carbonyl (C=O) groups is 1. The second-order valence-corrected chi connectivity index (χ2v) is 5.68. The van der Waals surface area contributed by atoms with Crippen LogP contribution in [0.25, 0.3) is 0 Å². The molecule has 0 heterocycles. The largest absolute Gasteiger partial charge is 0.486 e. The molecule has 0 saturated heterocycles. The molecule has 0 saturated carbocycles. The van der Waals surface area contributed by atoms with E-state index in [2.05, 4.69) is 15.9 Å². The van der Waals surface area contributed by atoms with Crippen molar-refractivity contribution in [3.05, 3.63) is 62.0 Å². The van der Waals surface area contributed by atoms with Crippen LogP contribution >= 0.6 is 39.1 Å². The molecule has 2 aromatic rings. The van der Waals surface area contributed by atoms with Crippen molar-refractivity contribution in [1.29, 1.82) is 0 Å². The molecule has 2 N–H and O–H groups in total. The Balaban J connectivity index is 2.22. The van der Waals surface area contributed by atoms with Crippen LogP contribution < -0.4 is 10.5 Å². The van der Waals surface area contributed by atoms with Gasteiger partial charge >= 0.3 is 0 Å². The van der Waals surface area contributed by atoms with Gasteiger partial charge < -0.3 is 10.5 Å². The highest BCUT2D eigenvalue weighted by Crippen LogP contribution is 2.35. The molecule has 2 aromatic carbocycles. The number of primary amides is 1. The maximum absolute atomic E-state index is 11.1. The quantitative estimate of drug-likeness (QED) is 0.860. The maximum atomic E-state index is 11.1. The summed E-state index contributed by atoms with van der Waals surface area (Å²) in [6, 6.07) is 10.4. The molecule has 0 aliphatic carbocycles. The number of ether oxygens (including phenoxy) is 1. The molecular weight excluding hydrogens is 365 g/mol. The summed E-state index contributed by atoms with van der Waals surface area (Å²) < 4.78 is 6.21. The van der Waals surface area contributed by atoms with Gasteiger partial charge in [-0.3, -0.25) is 4.79 Å². The summed E-state index contributed by atoms with van der Waals surface area (Å²) in [5.41, 5.74) is 6.37. The van der Waals surface area contributed by atoms with Crippen LogP contribution in [0.15, 0.2) is 40.9 Å². The Morgan fingerprint density at radius 2 is 1.90 bits per heavy atom. The number of carbonyl (C=O) groups excluding carboxylic acids is 1. The fraction of sp³-hybridized carbons (Fsp3) is 0.0714. The maximum Gasteiger partial charge on any atom is 0.248 e. The normalized spacial score (nSPS) is 10.3. The minimum absolute atomic E-state index is 0.272. The molecule has 0 spiro atoms. The van der Waals surface area contributed by atoms with Gasteiger partial charge in [0.15, 0.2) is 5.75 Å². The molecule has 0 aromatic heterocycles. The first kappa shape index (κ1) is 15.2. The molecule has 20 heavy (non-hydrogen) atoms. The van der Waals surface area contributed by atoms with Gasteiger partial charge in [0, 0.05) is 16.1 Å². The lowest BCUT2D eigenvalue weighted by atomic mass is 10.2. The van der Waals surface area contributed by atoms with E-state index in [1.807, 2.05) is 18.2 Å². The topological polar surface area (TPSA) is 52.3 Å². The summed E-state index contributed by atoms with van der Waals surface area (Å²) in [4.78, 5) is 11.1. The molecule has 0 aliphatic rings. The monoisotopic (exact) mass is 373 g/mol. The van der Waals surface area contributed by atoms with Crippen molar-refractivity contribution in [2.24, 2.45) is 5.73 Å². The summed E-state index contributed by atoms with van der Waals surface area (Å²) in [6.45, 7) is 0.272. The van der Waals surface area contributed by atoms with Crippen molar-refractivity contribution in [2.45, 2.75) is 6.61 Å². The van der Waals surface area contributed by atoms with E-state index >= 15 is 0 Å². The number of amides is 1. The van der Waals surface area contributed by atoms with Crippen LogP contribution in [0.1, 0.15) is 15.9 Å². The molecule has 1 amide bonds. The second-order valence-electron chi connectivity index (χ2n) is 4.01. The number of nitrogens with two attached hydrogens (primary N) is 1. The fourth-order valence-corrected chi connectivity index (χ4v) is 2.76. The van der Waals surface area contributed by atoms with Gasteiger partial charge in [0.2, 0.25) is 5.91 Å². The third-order valence-electron chi connectivity index (χ3n) is 2.61. The molecule has 6 heteroatoms. The van der Waals surface area contributed by atoms with Gasteiger partial charge in [-0.05, 0) is 34.1 Å². The number of benzene rings is 2. The van der Waals surface area contributed by atoms with E-state index < -0.39 is 5.91 Å². The zero-order valence-electron chi connectivity index (χ0n) is 10.2. The summed E-state index contributed by atoms with van der Waals surface area (Å²) in [5.74, 6) is -0.109. The highest BCUT2D eigenvalue weighted by atomic mass is 79.9. The van der Waals surface area contributed by atoms with Crippen molar-refractivity contribution >= 4 is 45.0 Å². The van der Waals surface area contributed by atoms with E-state index in [4.69, 9.17) is 33.7 Å². The highest BCUT2D eigenvalue weighted by molar-refractivity contribution is 9.10. The Hall–Kier alpha value is -1.23.